The molecular formula is C16H13F3N4O2. The van der Waals surface area contributed by atoms with Gasteiger partial charge in [0.1, 0.15) is 11.3 Å². The molecule has 1 aromatic heterocycles. The summed E-state index contributed by atoms with van der Waals surface area (Å²) in [6, 6.07) is 9.95. The summed E-state index contributed by atoms with van der Waals surface area (Å²) in [7, 11) is 0. The van der Waals surface area contributed by atoms with Crippen molar-refractivity contribution in [3.63, 3.8) is 0 Å². The Morgan fingerprint density at radius 2 is 2.04 bits per heavy atom. The van der Waals surface area contributed by atoms with Gasteiger partial charge in [-0.15, -0.1) is 18.3 Å². The second-order valence-electron chi connectivity index (χ2n) is 5.14. The minimum atomic E-state index is -4.79. The average molecular weight is 350 g/mol. The normalized spacial score (nSPS) is 11.5. The number of alkyl halides is 3. The standard InChI is InChI=1S/C16H13F3N4O2/c1-2-23-14-7-6-10(8-13(14)21-22-23)15(24)20-11-4-3-5-12(9-11)25-16(17,18)19/h3-9H,2H2,1H3,(H,20,24). The summed E-state index contributed by atoms with van der Waals surface area (Å²) >= 11 is 0. The lowest BCUT2D eigenvalue weighted by atomic mass is 10.2. The number of aromatic nitrogens is 3. The predicted octanol–water partition coefficient (Wildman–Crippen LogP) is 3.60. The van der Waals surface area contributed by atoms with Gasteiger partial charge in [-0.3, -0.25) is 4.79 Å². The lowest BCUT2D eigenvalue weighted by molar-refractivity contribution is -0.274. The summed E-state index contributed by atoms with van der Waals surface area (Å²) in [5.41, 5.74) is 1.85. The van der Waals surface area contributed by atoms with Crippen LogP contribution in [0.2, 0.25) is 0 Å². The molecule has 1 amide bonds. The van der Waals surface area contributed by atoms with Crippen LogP contribution in [0.3, 0.4) is 0 Å². The first-order valence-electron chi connectivity index (χ1n) is 7.36. The first-order chi connectivity index (χ1) is 11.9. The van der Waals surface area contributed by atoms with Gasteiger partial charge in [0, 0.05) is 23.9 Å². The molecule has 25 heavy (non-hydrogen) atoms. The Balaban J connectivity index is 1.79. The summed E-state index contributed by atoms with van der Waals surface area (Å²) in [6.45, 7) is 2.57. The van der Waals surface area contributed by atoms with Crippen LogP contribution in [0.1, 0.15) is 17.3 Å². The number of halogens is 3. The van der Waals surface area contributed by atoms with Crippen LogP contribution in [0.25, 0.3) is 11.0 Å². The van der Waals surface area contributed by atoms with E-state index < -0.39 is 18.0 Å². The highest BCUT2D eigenvalue weighted by Gasteiger charge is 2.31. The highest BCUT2D eigenvalue weighted by Crippen LogP contribution is 2.25. The molecule has 0 radical (unpaired) electrons. The largest absolute Gasteiger partial charge is 0.573 e. The molecule has 6 nitrogen and oxygen atoms in total. The maximum absolute atomic E-state index is 12.3. The zero-order valence-electron chi connectivity index (χ0n) is 13.0. The van der Waals surface area contributed by atoms with Gasteiger partial charge in [0.25, 0.3) is 5.91 Å². The minimum absolute atomic E-state index is 0.184. The van der Waals surface area contributed by atoms with Crippen LogP contribution in [0.4, 0.5) is 18.9 Å². The molecule has 3 rings (SSSR count). The molecule has 9 heteroatoms. The number of nitrogens with zero attached hydrogens (tertiary/aromatic N) is 3. The topological polar surface area (TPSA) is 69.0 Å². The number of hydrogen-bond donors (Lipinski definition) is 1. The van der Waals surface area contributed by atoms with Crippen LogP contribution in [-0.2, 0) is 6.54 Å². The van der Waals surface area contributed by atoms with Gasteiger partial charge in [0.15, 0.2) is 0 Å². The number of anilines is 1. The molecule has 0 atom stereocenters. The van der Waals surface area contributed by atoms with E-state index in [4.69, 9.17) is 0 Å². The lowest BCUT2D eigenvalue weighted by Crippen LogP contribution is -2.17. The third-order valence-corrected chi connectivity index (χ3v) is 3.40. The first kappa shape index (κ1) is 16.7. The van der Waals surface area contributed by atoms with E-state index in [0.717, 1.165) is 17.6 Å². The fourth-order valence-electron chi connectivity index (χ4n) is 2.32. The van der Waals surface area contributed by atoms with Gasteiger partial charge in [-0.05, 0) is 37.3 Å². The van der Waals surface area contributed by atoms with Crippen LogP contribution in [0, 0.1) is 0 Å². The molecule has 2 aromatic carbocycles. The monoisotopic (exact) mass is 350 g/mol. The van der Waals surface area contributed by atoms with Crippen molar-refractivity contribution in [2.24, 2.45) is 0 Å². The van der Waals surface area contributed by atoms with Gasteiger partial charge in [-0.2, -0.15) is 0 Å². The van der Waals surface area contributed by atoms with E-state index in [2.05, 4.69) is 20.4 Å². The van der Waals surface area contributed by atoms with Crippen LogP contribution < -0.4 is 10.1 Å². The Bertz CT molecular complexity index is 921. The van der Waals surface area contributed by atoms with Crippen LogP contribution in [0.15, 0.2) is 42.5 Å². The van der Waals surface area contributed by atoms with Crippen LogP contribution in [-0.4, -0.2) is 27.3 Å². The van der Waals surface area contributed by atoms with Crippen LogP contribution >= 0.6 is 0 Å². The third kappa shape index (κ3) is 3.87. The number of aryl methyl sites for hydroxylation is 1. The Morgan fingerprint density at radius 1 is 1.24 bits per heavy atom. The van der Waals surface area contributed by atoms with Crippen molar-refractivity contribution in [3.05, 3.63) is 48.0 Å². The Kier molecular flexibility index (Phi) is 4.30. The zero-order valence-corrected chi connectivity index (χ0v) is 13.0. The number of hydrogen-bond acceptors (Lipinski definition) is 4. The Hall–Kier alpha value is -3.10. The first-order valence-corrected chi connectivity index (χ1v) is 7.36. The minimum Gasteiger partial charge on any atom is -0.406 e. The molecule has 3 aromatic rings. The molecule has 0 saturated carbocycles. The van der Waals surface area contributed by atoms with Gasteiger partial charge in [-0.25, -0.2) is 4.68 Å². The van der Waals surface area contributed by atoms with Gasteiger partial charge in [0.2, 0.25) is 0 Å². The molecule has 130 valence electrons. The quantitative estimate of drug-likeness (QED) is 0.781. The SMILES string of the molecule is CCn1nnc2cc(C(=O)Nc3cccc(OC(F)(F)F)c3)ccc21. The molecule has 1 heterocycles. The molecular weight excluding hydrogens is 337 g/mol. The van der Waals surface area contributed by atoms with E-state index in [0.29, 0.717) is 17.6 Å². The summed E-state index contributed by atoms with van der Waals surface area (Å²) in [4.78, 5) is 12.3. The average Bonchev–Trinajstić information content (AvgIpc) is 2.95. The maximum atomic E-state index is 12.3. The van der Waals surface area contributed by atoms with E-state index in [-0.39, 0.29) is 5.69 Å². The summed E-state index contributed by atoms with van der Waals surface area (Å²) < 4.78 is 42.3. The highest BCUT2D eigenvalue weighted by atomic mass is 19.4. The van der Waals surface area contributed by atoms with Crippen molar-refractivity contribution in [2.45, 2.75) is 19.8 Å². The fourth-order valence-corrected chi connectivity index (χ4v) is 2.32. The number of carbonyl (C=O) groups excluding carboxylic acids is 1. The van der Waals surface area contributed by atoms with Crippen molar-refractivity contribution in [2.75, 3.05) is 5.32 Å². The smallest absolute Gasteiger partial charge is 0.406 e. The van der Waals surface area contributed by atoms with Crippen LogP contribution in [0.5, 0.6) is 5.75 Å². The molecule has 0 bridgehead atoms. The number of nitrogens with one attached hydrogen (secondary N) is 1. The number of ether oxygens (including phenoxy) is 1. The van der Waals surface area contributed by atoms with E-state index in [1.807, 2.05) is 6.92 Å². The van der Waals surface area contributed by atoms with Crippen molar-refractivity contribution in [3.8, 4) is 5.75 Å². The maximum Gasteiger partial charge on any atom is 0.573 e. The predicted molar refractivity (Wildman–Crippen MR) is 84.3 cm³/mol. The fraction of sp³-hybridized carbons (Fsp3) is 0.188. The van der Waals surface area contributed by atoms with E-state index in [9.17, 15) is 18.0 Å². The summed E-state index contributed by atoms with van der Waals surface area (Å²) in [5, 5.41) is 10.5. The molecule has 0 aliphatic rings. The summed E-state index contributed by atoms with van der Waals surface area (Å²) in [6.07, 6.45) is -4.79. The molecule has 0 saturated heterocycles. The molecule has 0 fully saturated rings. The molecule has 0 aliphatic heterocycles. The number of amides is 1. The number of fused-ring (bicyclic) bond motifs is 1. The molecule has 0 unspecified atom stereocenters. The van der Waals surface area contributed by atoms with E-state index in [1.54, 1.807) is 22.9 Å². The van der Waals surface area contributed by atoms with E-state index >= 15 is 0 Å². The number of rotatable bonds is 4. The number of carbonyl (C=O) groups is 1. The second-order valence-corrected chi connectivity index (χ2v) is 5.14. The Labute approximate surface area is 140 Å². The Morgan fingerprint density at radius 3 is 2.76 bits per heavy atom. The summed E-state index contributed by atoms with van der Waals surface area (Å²) in [5.74, 6) is -0.885. The highest BCUT2D eigenvalue weighted by molar-refractivity contribution is 6.05. The van der Waals surface area contributed by atoms with E-state index in [1.165, 1.54) is 12.1 Å². The third-order valence-electron chi connectivity index (χ3n) is 3.40. The lowest BCUT2D eigenvalue weighted by Gasteiger charge is -2.10. The zero-order chi connectivity index (χ0) is 18.0. The van der Waals surface area contributed by atoms with Gasteiger partial charge < -0.3 is 10.1 Å². The molecule has 0 aliphatic carbocycles. The van der Waals surface area contributed by atoms with Crippen molar-refractivity contribution < 1.29 is 22.7 Å². The van der Waals surface area contributed by atoms with Crippen molar-refractivity contribution >= 4 is 22.6 Å². The molecule has 1 N–H and O–H groups in total. The molecule has 0 spiro atoms. The number of benzene rings is 2. The van der Waals surface area contributed by atoms with Crippen molar-refractivity contribution in [1.82, 2.24) is 15.0 Å². The van der Waals surface area contributed by atoms with Crippen molar-refractivity contribution in [1.29, 1.82) is 0 Å². The second kappa shape index (κ2) is 6.42. The van der Waals surface area contributed by atoms with Gasteiger partial charge in [0.05, 0.1) is 5.52 Å². The van der Waals surface area contributed by atoms with Gasteiger partial charge >= 0.3 is 6.36 Å². The van der Waals surface area contributed by atoms with Gasteiger partial charge in [-0.1, -0.05) is 11.3 Å².